The topological polar surface area (TPSA) is 74.3 Å². The highest BCUT2D eigenvalue weighted by molar-refractivity contribution is 7.99. The highest BCUT2D eigenvalue weighted by atomic mass is 32.2. The lowest BCUT2D eigenvalue weighted by molar-refractivity contribution is 0.0601. The van der Waals surface area contributed by atoms with Gasteiger partial charge in [-0.15, -0.1) is 6.58 Å². The van der Waals surface area contributed by atoms with Gasteiger partial charge in [-0.05, 0) is 30.3 Å². The van der Waals surface area contributed by atoms with Crippen LogP contribution in [0.2, 0.25) is 0 Å². The predicted octanol–water partition coefficient (Wildman–Crippen LogP) is 3.10. The van der Waals surface area contributed by atoms with Crippen molar-refractivity contribution >= 4 is 28.6 Å². The first kappa shape index (κ1) is 17.0. The Hall–Kier alpha value is -2.80. The van der Waals surface area contributed by atoms with E-state index in [-0.39, 0.29) is 12.1 Å². The third-order valence-electron chi connectivity index (χ3n) is 3.57. The molecule has 128 valence electrons. The lowest BCUT2D eigenvalue weighted by atomic mass is 10.1. The summed E-state index contributed by atoms with van der Waals surface area (Å²) >= 11 is 1.39. The molecule has 0 spiro atoms. The molecule has 0 N–H and O–H groups in total. The monoisotopic (exact) mass is 356 g/mol. The second-order valence-corrected chi connectivity index (χ2v) is 6.18. The van der Waals surface area contributed by atoms with Crippen LogP contribution >= 0.6 is 11.8 Å². The summed E-state index contributed by atoms with van der Waals surface area (Å²) in [5, 5.41) is 0.970. The van der Waals surface area contributed by atoms with Crippen molar-refractivity contribution in [3.63, 3.8) is 0 Å². The fourth-order valence-electron chi connectivity index (χ4n) is 2.39. The number of aromatic nitrogens is 2. The number of esters is 1. The van der Waals surface area contributed by atoms with Gasteiger partial charge in [0.2, 0.25) is 0 Å². The maximum Gasteiger partial charge on any atom is 0.337 e. The first-order valence-corrected chi connectivity index (χ1v) is 8.51. The Balaban J connectivity index is 2.15. The van der Waals surface area contributed by atoms with Gasteiger partial charge in [0.1, 0.15) is 5.76 Å². The first-order chi connectivity index (χ1) is 12.1. The van der Waals surface area contributed by atoms with E-state index >= 15 is 0 Å². The molecule has 0 fully saturated rings. The molecular formula is C18H16N2O4S. The largest absolute Gasteiger partial charge is 0.467 e. The number of hydrogen-bond acceptors (Lipinski definition) is 6. The molecule has 3 rings (SSSR count). The van der Waals surface area contributed by atoms with Gasteiger partial charge < -0.3 is 9.15 Å². The number of ether oxygens (including phenoxy) is 1. The summed E-state index contributed by atoms with van der Waals surface area (Å²) in [6.45, 7) is 3.98. The number of fused-ring (bicyclic) bond motifs is 1. The number of hydrogen-bond donors (Lipinski definition) is 0. The molecule has 0 aliphatic heterocycles. The molecule has 2 heterocycles. The predicted molar refractivity (Wildman–Crippen MR) is 96.1 cm³/mol. The number of rotatable bonds is 6. The molecule has 2 aromatic heterocycles. The lowest BCUT2D eigenvalue weighted by Crippen LogP contribution is -2.24. The van der Waals surface area contributed by atoms with Crippen molar-refractivity contribution in [1.82, 2.24) is 9.55 Å². The first-order valence-electron chi connectivity index (χ1n) is 7.53. The smallest absolute Gasteiger partial charge is 0.337 e. The summed E-state index contributed by atoms with van der Waals surface area (Å²) in [5.74, 6) is 0.797. The number of methoxy groups -OCH3 is 1. The van der Waals surface area contributed by atoms with Crippen molar-refractivity contribution < 1.29 is 13.9 Å². The molecule has 0 atom stereocenters. The van der Waals surface area contributed by atoms with Crippen LogP contribution in [0.25, 0.3) is 10.9 Å². The van der Waals surface area contributed by atoms with Gasteiger partial charge in [0.15, 0.2) is 5.16 Å². The Morgan fingerprint density at radius 3 is 2.96 bits per heavy atom. The van der Waals surface area contributed by atoms with E-state index < -0.39 is 5.97 Å². The van der Waals surface area contributed by atoms with E-state index in [4.69, 9.17) is 9.15 Å². The van der Waals surface area contributed by atoms with Crippen molar-refractivity contribution in [3.8, 4) is 0 Å². The fourth-order valence-corrected chi connectivity index (χ4v) is 3.12. The summed E-state index contributed by atoms with van der Waals surface area (Å²) in [7, 11) is 1.31. The summed E-state index contributed by atoms with van der Waals surface area (Å²) in [6.07, 6.45) is 3.30. The van der Waals surface area contributed by atoms with Gasteiger partial charge in [0.05, 0.1) is 36.4 Å². The van der Waals surface area contributed by atoms with Crippen molar-refractivity contribution in [2.75, 3.05) is 12.9 Å². The van der Waals surface area contributed by atoms with Crippen LogP contribution in [0.4, 0.5) is 0 Å². The lowest BCUT2D eigenvalue weighted by Gasteiger charge is -2.12. The normalized spacial score (nSPS) is 10.8. The Bertz CT molecular complexity index is 977. The third kappa shape index (κ3) is 3.51. The van der Waals surface area contributed by atoms with Crippen molar-refractivity contribution in [2.24, 2.45) is 0 Å². The van der Waals surface area contributed by atoms with Crippen LogP contribution in [0.3, 0.4) is 0 Å². The molecular weight excluding hydrogens is 340 g/mol. The van der Waals surface area contributed by atoms with Crippen LogP contribution in [0.5, 0.6) is 0 Å². The molecule has 0 aliphatic rings. The SMILES string of the molecule is C=CCSc1nc2cc(C(=O)OC)ccc2c(=O)n1Cc1ccco1. The number of nitrogens with zero attached hydrogens (tertiary/aromatic N) is 2. The molecule has 0 aliphatic carbocycles. The van der Waals surface area contributed by atoms with Crippen LogP contribution in [-0.4, -0.2) is 28.4 Å². The highest BCUT2D eigenvalue weighted by Gasteiger charge is 2.15. The van der Waals surface area contributed by atoms with E-state index in [0.717, 1.165) is 0 Å². The Kier molecular flexibility index (Phi) is 5.04. The van der Waals surface area contributed by atoms with Gasteiger partial charge in [0, 0.05) is 5.75 Å². The quantitative estimate of drug-likeness (QED) is 0.292. The minimum atomic E-state index is -0.469. The van der Waals surface area contributed by atoms with Gasteiger partial charge in [-0.25, -0.2) is 9.78 Å². The minimum Gasteiger partial charge on any atom is -0.467 e. The van der Waals surface area contributed by atoms with Crippen LogP contribution in [0.15, 0.2) is 63.6 Å². The molecule has 25 heavy (non-hydrogen) atoms. The average molecular weight is 356 g/mol. The van der Waals surface area contributed by atoms with E-state index in [9.17, 15) is 9.59 Å². The van der Waals surface area contributed by atoms with Crippen LogP contribution < -0.4 is 5.56 Å². The summed E-state index contributed by atoms with van der Waals surface area (Å²) < 4.78 is 11.6. The zero-order chi connectivity index (χ0) is 17.8. The second kappa shape index (κ2) is 7.40. The molecule has 0 amide bonds. The van der Waals surface area contributed by atoms with Crippen LogP contribution in [0, 0.1) is 0 Å². The van der Waals surface area contributed by atoms with Gasteiger partial charge in [0.25, 0.3) is 5.56 Å². The van der Waals surface area contributed by atoms with Crippen molar-refractivity contribution in [1.29, 1.82) is 0 Å². The number of carbonyl (C=O) groups excluding carboxylic acids is 1. The summed E-state index contributed by atoms with van der Waals surface area (Å²) in [4.78, 5) is 29.2. The molecule has 0 bridgehead atoms. The molecule has 0 radical (unpaired) electrons. The minimum absolute atomic E-state index is 0.190. The van der Waals surface area contributed by atoms with E-state index in [0.29, 0.717) is 33.1 Å². The molecule has 6 nitrogen and oxygen atoms in total. The van der Waals surface area contributed by atoms with Crippen LogP contribution in [-0.2, 0) is 11.3 Å². The van der Waals surface area contributed by atoms with Gasteiger partial charge in [-0.1, -0.05) is 17.8 Å². The van der Waals surface area contributed by atoms with E-state index in [2.05, 4.69) is 11.6 Å². The Labute approximate surface area is 148 Å². The molecule has 1 aromatic carbocycles. The van der Waals surface area contributed by atoms with Crippen LogP contribution in [0.1, 0.15) is 16.1 Å². The van der Waals surface area contributed by atoms with E-state index in [1.807, 2.05) is 0 Å². The molecule has 0 unspecified atom stereocenters. The Morgan fingerprint density at radius 1 is 1.44 bits per heavy atom. The second-order valence-electron chi connectivity index (χ2n) is 5.19. The van der Waals surface area contributed by atoms with Crippen molar-refractivity contribution in [3.05, 3.63) is 70.9 Å². The number of benzene rings is 1. The van der Waals surface area contributed by atoms with E-state index in [1.54, 1.807) is 47.2 Å². The standard InChI is InChI=1S/C18H16N2O4S/c1-3-9-25-18-19-15-10-12(17(22)23-2)6-7-14(15)16(21)20(18)11-13-5-4-8-24-13/h3-8,10H,1,9,11H2,2H3. The molecule has 7 heteroatoms. The zero-order valence-electron chi connectivity index (χ0n) is 13.6. The molecule has 3 aromatic rings. The van der Waals surface area contributed by atoms with Gasteiger partial charge >= 0.3 is 5.97 Å². The zero-order valence-corrected chi connectivity index (χ0v) is 14.4. The molecule has 0 saturated carbocycles. The highest BCUT2D eigenvalue weighted by Crippen LogP contribution is 2.20. The summed E-state index contributed by atoms with van der Waals surface area (Å²) in [5.41, 5.74) is 0.616. The third-order valence-corrected chi connectivity index (χ3v) is 4.54. The van der Waals surface area contributed by atoms with E-state index in [1.165, 1.54) is 18.9 Å². The maximum absolute atomic E-state index is 12.9. The van der Waals surface area contributed by atoms with Crippen molar-refractivity contribution in [2.45, 2.75) is 11.7 Å². The number of furan rings is 1. The number of thioether (sulfide) groups is 1. The average Bonchev–Trinajstić information content (AvgIpc) is 3.14. The maximum atomic E-state index is 12.9. The number of carbonyl (C=O) groups is 1. The summed E-state index contributed by atoms with van der Waals surface area (Å²) in [6, 6.07) is 8.30. The Morgan fingerprint density at radius 2 is 2.28 bits per heavy atom. The van der Waals surface area contributed by atoms with Gasteiger partial charge in [-0.3, -0.25) is 9.36 Å². The fraction of sp³-hybridized carbons (Fsp3) is 0.167. The molecule has 0 saturated heterocycles. The van der Waals surface area contributed by atoms with Gasteiger partial charge in [-0.2, -0.15) is 0 Å².